The van der Waals surface area contributed by atoms with E-state index in [1.165, 1.54) is 0 Å². The van der Waals surface area contributed by atoms with E-state index in [9.17, 15) is 14.5 Å². The van der Waals surface area contributed by atoms with E-state index in [1.807, 2.05) is 0 Å². The summed E-state index contributed by atoms with van der Waals surface area (Å²) in [5, 5.41) is -0.783. The van der Waals surface area contributed by atoms with Gasteiger partial charge in [-0.1, -0.05) is 0 Å². The number of halogens is 2. The zero-order valence-electron chi connectivity index (χ0n) is 9.38. The Hall–Kier alpha value is -0.880. The highest BCUT2D eigenvalue weighted by atomic mass is 35.5. The highest BCUT2D eigenvalue weighted by Gasteiger charge is 2.46. The SMILES string of the molecule is O=C(Cl)C1CC1CO[N+](=O)OCC1CC1C(=O)Cl. The first-order chi connectivity index (χ1) is 8.49. The fourth-order valence-electron chi connectivity index (χ4n) is 1.77. The Kier molecular flexibility index (Phi) is 4.07. The summed E-state index contributed by atoms with van der Waals surface area (Å²) in [5.41, 5.74) is 0. The van der Waals surface area contributed by atoms with Crippen molar-refractivity contribution >= 4 is 33.7 Å². The van der Waals surface area contributed by atoms with E-state index in [4.69, 9.17) is 32.9 Å². The van der Waals surface area contributed by atoms with Gasteiger partial charge in [-0.15, -0.1) is 0 Å². The molecule has 0 aliphatic heterocycles. The Morgan fingerprint density at radius 2 is 1.39 bits per heavy atom. The molecule has 0 spiro atoms. The molecule has 0 amide bonds. The van der Waals surface area contributed by atoms with Crippen LogP contribution in [0.5, 0.6) is 0 Å². The summed E-state index contributed by atoms with van der Waals surface area (Å²) in [6.45, 7) is 0.213. The Balaban J connectivity index is 1.54. The number of nitrogens with zero attached hydrogens (tertiary/aromatic N) is 1. The number of hydrogen-bond acceptors (Lipinski definition) is 5. The Morgan fingerprint density at radius 1 is 1.00 bits per heavy atom. The Morgan fingerprint density at radius 3 is 1.67 bits per heavy atom. The Labute approximate surface area is 113 Å². The smallest absolute Gasteiger partial charge is 0.281 e. The highest BCUT2D eigenvalue weighted by molar-refractivity contribution is 6.64. The molecule has 2 fully saturated rings. The predicted octanol–water partition coefficient (Wildman–Crippen LogP) is 1.43. The van der Waals surface area contributed by atoms with Gasteiger partial charge in [0.25, 0.3) is 0 Å². The minimum Gasteiger partial charge on any atom is -0.281 e. The summed E-state index contributed by atoms with van der Waals surface area (Å²) in [6.07, 6.45) is 1.28. The van der Waals surface area contributed by atoms with Gasteiger partial charge in [-0.25, -0.2) is 0 Å². The van der Waals surface area contributed by atoms with Gasteiger partial charge in [0.05, 0.1) is 0 Å². The fourth-order valence-corrected chi connectivity index (χ4v) is 2.30. The van der Waals surface area contributed by atoms with Crippen LogP contribution in [0, 0.1) is 28.6 Å². The maximum atomic E-state index is 11.1. The van der Waals surface area contributed by atoms with Crippen LogP contribution >= 0.6 is 23.2 Å². The molecule has 0 N–H and O–H groups in total. The van der Waals surface area contributed by atoms with Crippen LogP contribution < -0.4 is 0 Å². The second kappa shape index (κ2) is 5.40. The van der Waals surface area contributed by atoms with E-state index in [2.05, 4.69) is 0 Å². The first-order valence-corrected chi connectivity index (χ1v) is 6.36. The summed E-state index contributed by atoms with van der Waals surface area (Å²) in [6, 6.07) is 0. The zero-order valence-corrected chi connectivity index (χ0v) is 10.9. The minimum atomic E-state index is -0.400. The molecule has 2 aliphatic carbocycles. The molecular formula is C10H12Cl2NO5+. The molecule has 0 heterocycles. The zero-order chi connectivity index (χ0) is 13.3. The molecule has 0 bridgehead atoms. The van der Waals surface area contributed by atoms with Gasteiger partial charge in [0.1, 0.15) is 4.91 Å². The van der Waals surface area contributed by atoms with Crippen molar-refractivity contribution in [1.82, 2.24) is 0 Å². The lowest BCUT2D eigenvalue weighted by atomic mass is 10.3. The number of hydrogen-bond donors (Lipinski definition) is 0. The molecule has 0 radical (unpaired) electrons. The van der Waals surface area contributed by atoms with Crippen LogP contribution in [-0.2, 0) is 19.3 Å². The largest absolute Gasteiger partial charge is 0.477 e. The minimum absolute atomic E-state index is 0.00635. The molecule has 2 aliphatic rings. The summed E-state index contributed by atoms with van der Waals surface area (Å²) in [4.78, 5) is 42.0. The van der Waals surface area contributed by atoms with Crippen LogP contribution in [0.4, 0.5) is 0 Å². The molecule has 0 aromatic carbocycles. The lowest BCUT2D eigenvalue weighted by Crippen LogP contribution is -2.15. The molecule has 0 saturated heterocycles. The first-order valence-electron chi connectivity index (χ1n) is 5.60. The van der Waals surface area contributed by atoms with Crippen LogP contribution in [0.25, 0.3) is 0 Å². The molecular weight excluding hydrogens is 285 g/mol. The van der Waals surface area contributed by atoms with Crippen LogP contribution in [0.3, 0.4) is 0 Å². The van der Waals surface area contributed by atoms with Crippen LogP contribution in [0.2, 0.25) is 0 Å². The third kappa shape index (κ3) is 3.55. The van der Waals surface area contributed by atoms with Crippen molar-refractivity contribution in [2.45, 2.75) is 12.8 Å². The van der Waals surface area contributed by atoms with Crippen molar-refractivity contribution in [2.24, 2.45) is 23.7 Å². The van der Waals surface area contributed by atoms with Gasteiger partial charge in [0.15, 0.2) is 13.2 Å². The molecule has 0 aromatic rings. The van der Waals surface area contributed by atoms with Crippen molar-refractivity contribution < 1.29 is 24.4 Å². The second-order valence-corrected chi connectivity index (χ2v) is 5.37. The lowest BCUT2D eigenvalue weighted by Gasteiger charge is -1.94. The normalized spacial score (nSPS) is 32.6. The van der Waals surface area contributed by atoms with E-state index in [0.29, 0.717) is 12.8 Å². The van der Waals surface area contributed by atoms with Crippen LogP contribution in [0.15, 0.2) is 0 Å². The van der Waals surface area contributed by atoms with Crippen LogP contribution in [-0.4, -0.2) is 28.8 Å². The summed E-state index contributed by atoms with van der Waals surface area (Å²) >= 11 is 10.6. The van der Waals surface area contributed by atoms with E-state index in [1.54, 1.807) is 0 Å². The Bertz CT molecular complexity index is 354. The van der Waals surface area contributed by atoms with Crippen molar-refractivity contribution in [3.05, 3.63) is 4.91 Å². The molecule has 8 heteroatoms. The van der Waals surface area contributed by atoms with Gasteiger partial charge >= 0.3 is 5.09 Å². The second-order valence-electron chi connectivity index (χ2n) is 4.63. The third-order valence-corrected chi connectivity index (χ3v) is 3.78. The van der Waals surface area contributed by atoms with Crippen molar-refractivity contribution in [2.75, 3.05) is 13.2 Å². The molecule has 18 heavy (non-hydrogen) atoms. The maximum Gasteiger partial charge on any atom is 0.477 e. The molecule has 6 nitrogen and oxygen atoms in total. The van der Waals surface area contributed by atoms with E-state index >= 15 is 0 Å². The van der Waals surface area contributed by atoms with Crippen molar-refractivity contribution in [3.63, 3.8) is 0 Å². The molecule has 0 aromatic heterocycles. The topological polar surface area (TPSA) is 72.7 Å². The third-order valence-electron chi connectivity index (χ3n) is 3.22. The number of rotatable bonds is 8. The van der Waals surface area contributed by atoms with Gasteiger partial charge in [-0.2, -0.15) is 9.68 Å². The average molecular weight is 297 g/mol. The summed E-state index contributed by atoms with van der Waals surface area (Å²) < 4.78 is 0. The maximum absolute atomic E-state index is 11.1. The fraction of sp³-hybridized carbons (Fsp3) is 0.800. The summed E-state index contributed by atoms with van der Waals surface area (Å²) in [7, 11) is 0. The van der Waals surface area contributed by atoms with Crippen molar-refractivity contribution in [1.29, 1.82) is 0 Å². The average Bonchev–Trinajstić information content (AvgIpc) is 3.15. The monoisotopic (exact) mass is 296 g/mol. The van der Waals surface area contributed by atoms with Gasteiger partial charge in [0.2, 0.25) is 10.5 Å². The standard InChI is InChI=1S/C10H12Cl2NO5/c11-9(14)7-1-5(7)3-17-13(16)18-4-6-2-8(6)10(12)15/h5-8H,1-4H2/q+1. The number of carbonyl (C=O) groups excluding carboxylic acids is 2. The molecule has 2 rings (SSSR count). The highest BCUT2D eigenvalue weighted by Crippen LogP contribution is 2.41. The summed E-state index contributed by atoms with van der Waals surface area (Å²) in [5.74, 6) is -0.426. The first kappa shape index (κ1) is 13.5. The van der Waals surface area contributed by atoms with Gasteiger partial charge in [-0.3, -0.25) is 9.59 Å². The van der Waals surface area contributed by atoms with Crippen molar-refractivity contribution in [3.8, 4) is 0 Å². The molecule has 100 valence electrons. The lowest BCUT2D eigenvalue weighted by molar-refractivity contribution is -0.982. The molecule has 2 saturated carbocycles. The predicted molar refractivity (Wildman–Crippen MR) is 60.4 cm³/mol. The molecule has 4 unspecified atom stereocenters. The van der Waals surface area contributed by atoms with E-state index < -0.39 is 10.5 Å². The number of carbonyl (C=O) groups is 2. The van der Waals surface area contributed by atoms with Crippen LogP contribution in [0.1, 0.15) is 12.8 Å². The van der Waals surface area contributed by atoms with E-state index in [-0.39, 0.29) is 42.0 Å². The van der Waals surface area contributed by atoms with E-state index in [0.717, 1.165) is 0 Å². The molecule has 4 atom stereocenters. The van der Waals surface area contributed by atoms with Gasteiger partial charge in [0, 0.05) is 23.7 Å². The quantitative estimate of drug-likeness (QED) is 0.500. The van der Waals surface area contributed by atoms with Gasteiger partial charge in [-0.05, 0) is 36.0 Å². The van der Waals surface area contributed by atoms with Gasteiger partial charge < -0.3 is 0 Å².